The van der Waals surface area contributed by atoms with E-state index in [9.17, 15) is 41.4 Å². The number of halogens is 6. The summed E-state index contributed by atoms with van der Waals surface area (Å²) in [5.74, 6) is -2.82. The van der Waals surface area contributed by atoms with E-state index in [1.807, 2.05) is 0 Å². The normalized spacial score (nSPS) is 19.1. The Labute approximate surface area is 215 Å². The number of carbonyl (C=O) groups excluding carboxylic acids is 1. The first-order valence-electron chi connectivity index (χ1n) is 11.8. The minimum atomic E-state index is -3.20. The van der Waals surface area contributed by atoms with Gasteiger partial charge in [0.1, 0.15) is 11.7 Å². The molecule has 13 heteroatoms. The van der Waals surface area contributed by atoms with Gasteiger partial charge in [-0.25, -0.2) is 31.1 Å². The van der Waals surface area contributed by atoms with Crippen molar-refractivity contribution in [2.45, 2.75) is 70.3 Å². The third-order valence-corrected chi connectivity index (χ3v) is 6.16. The average Bonchev–Trinajstić information content (AvgIpc) is 2.83. The fourth-order valence-electron chi connectivity index (χ4n) is 4.47. The molecule has 1 aromatic heterocycles. The number of amides is 1. The number of benzene rings is 1. The van der Waals surface area contributed by atoms with E-state index in [0.29, 0.717) is 12.1 Å². The van der Waals surface area contributed by atoms with Crippen molar-refractivity contribution in [2.75, 3.05) is 18.0 Å². The number of alkyl halides is 4. The van der Waals surface area contributed by atoms with Crippen LogP contribution < -0.4 is 10.2 Å². The van der Waals surface area contributed by atoms with Crippen LogP contribution in [0.4, 0.5) is 36.8 Å². The number of aliphatic hydroxyl groups is 2. The van der Waals surface area contributed by atoms with Crippen molar-refractivity contribution in [3.63, 3.8) is 0 Å². The maximum atomic E-state index is 13.9. The minimum Gasteiger partial charge on any atom is -0.444 e. The van der Waals surface area contributed by atoms with Gasteiger partial charge in [-0.1, -0.05) is 0 Å². The van der Waals surface area contributed by atoms with E-state index in [2.05, 4.69) is 10.3 Å². The smallest absolute Gasteiger partial charge is 0.408 e. The van der Waals surface area contributed by atoms with Crippen molar-refractivity contribution in [2.24, 2.45) is 0 Å². The number of nitrogens with one attached hydrogen (secondary N) is 1. The predicted octanol–water partition coefficient (Wildman–Crippen LogP) is 4.95. The van der Waals surface area contributed by atoms with Crippen molar-refractivity contribution >= 4 is 11.8 Å². The molecule has 1 aliphatic heterocycles. The van der Waals surface area contributed by atoms with E-state index in [1.54, 1.807) is 20.8 Å². The molecule has 0 spiro atoms. The van der Waals surface area contributed by atoms with Gasteiger partial charge in [-0.05, 0) is 51.8 Å². The van der Waals surface area contributed by atoms with Gasteiger partial charge in [-0.2, -0.15) is 0 Å². The molecular formula is C25H29F6N3O4. The molecule has 1 aliphatic rings. The highest BCUT2D eigenvalue weighted by Crippen LogP contribution is 2.36. The van der Waals surface area contributed by atoms with Crippen LogP contribution in [0.15, 0.2) is 24.4 Å². The summed E-state index contributed by atoms with van der Waals surface area (Å²) in [6, 6.07) is 2.15. The number of alkyl carbamates (subject to hydrolysis) is 1. The number of hydrogen-bond acceptors (Lipinski definition) is 6. The fraction of sp³-hybridized carbons (Fsp3) is 0.520. The Morgan fingerprint density at radius 1 is 1.18 bits per heavy atom. The van der Waals surface area contributed by atoms with Crippen LogP contribution >= 0.6 is 0 Å². The summed E-state index contributed by atoms with van der Waals surface area (Å²) in [6.07, 6.45) is -8.21. The number of nitrogens with zero attached hydrogens (tertiary/aromatic N) is 2. The van der Waals surface area contributed by atoms with Gasteiger partial charge in [0.25, 0.3) is 12.9 Å². The number of piperidine rings is 1. The van der Waals surface area contributed by atoms with Crippen LogP contribution in [0.25, 0.3) is 11.3 Å². The van der Waals surface area contributed by atoms with Gasteiger partial charge < -0.3 is 25.2 Å². The van der Waals surface area contributed by atoms with Crippen molar-refractivity contribution in [1.29, 1.82) is 0 Å². The van der Waals surface area contributed by atoms with Crippen LogP contribution in [0, 0.1) is 11.6 Å². The fourth-order valence-corrected chi connectivity index (χ4v) is 4.47. The van der Waals surface area contributed by atoms with Crippen molar-refractivity contribution in [3.05, 3.63) is 47.2 Å². The molecule has 2 atom stereocenters. The van der Waals surface area contributed by atoms with E-state index in [-0.39, 0.29) is 48.4 Å². The molecule has 3 N–H and O–H groups in total. The Bertz CT molecular complexity index is 1160. The number of hydrogen-bond donors (Lipinski definition) is 3. The van der Waals surface area contributed by atoms with E-state index < -0.39 is 60.0 Å². The Balaban J connectivity index is 2.00. The first-order chi connectivity index (χ1) is 17.7. The van der Waals surface area contributed by atoms with Crippen LogP contribution in [-0.4, -0.2) is 58.0 Å². The standard InChI is InChI=1S/C25H29F6N3O4/c1-24(2,3)38-23(37)33-25(20(36)22(30)31)5-4-6-34(12-25)19-10-32-18(7-13(19)11-35)14-8-16(26)17(27)9-15(14)21(28)29/h7-10,20-22,35-36H,4-6,11-12H2,1-3H3,(H,33,37). The lowest BCUT2D eigenvalue weighted by atomic mass is 9.83. The second kappa shape index (κ2) is 11.4. The third-order valence-electron chi connectivity index (χ3n) is 6.16. The summed E-state index contributed by atoms with van der Waals surface area (Å²) in [5, 5.41) is 22.8. The summed E-state index contributed by atoms with van der Waals surface area (Å²) in [4.78, 5) is 18.1. The number of pyridine rings is 1. The van der Waals surface area contributed by atoms with E-state index in [0.717, 1.165) is 0 Å². The molecule has 2 aromatic rings. The van der Waals surface area contributed by atoms with Crippen LogP contribution in [0.5, 0.6) is 0 Å². The molecule has 1 saturated heterocycles. The molecule has 0 saturated carbocycles. The molecule has 0 aliphatic carbocycles. The minimum absolute atomic E-state index is 0.0131. The summed E-state index contributed by atoms with van der Waals surface area (Å²) in [7, 11) is 0. The molecule has 1 amide bonds. The highest BCUT2D eigenvalue weighted by molar-refractivity contribution is 5.70. The Morgan fingerprint density at radius 3 is 2.42 bits per heavy atom. The summed E-state index contributed by atoms with van der Waals surface area (Å²) >= 11 is 0. The van der Waals surface area contributed by atoms with Gasteiger partial charge in [-0.15, -0.1) is 0 Å². The first kappa shape index (κ1) is 29.5. The molecule has 0 radical (unpaired) electrons. The molecule has 3 rings (SSSR count). The highest BCUT2D eigenvalue weighted by atomic mass is 19.3. The number of aromatic nitrogens is 1. The SMILES string of the molecule is CC(C)(C)OC(=O)NC1(C(O)C(F)F)CCCN(c2cnc(-c3cc(F)c(F)cc3C(F)F)cc2CO)C1. The zero-order valence-corrected chi connectivity index (χ0v) is 21.0. The van der Waals surface area contributed by atoms with Gasteiger partial charge in [0, 0.05) is 29.8 Å². The number of ether oxygens (including phenoxy) is 1. The van der Waals surface area contributed by atoms with Gasteiger partial charge in [0.15, 0.2) is 11.6 Å². The van der Waals surface area contributed by atoms with E-state index >= 15 is 0 Å². The molecule has 38 heavy (non-hydrogen) atoms. The lowest BCUT2D eigenvalue weighted by Crippen LogP contribution is -2.67. The largest absolute Gasteiger partial charge is 0.444 e. The zero-order valence-electron chi connectivity index (χ0n) is 21.0. The van der Waals surface area contributed by atoms with Crippen molar-refractivity contribution in [3.8, 4) is 11.3 Å². The lowest BCUT2D eigenvalue weighted by Gasteiger charge is -2.46. The monoisotopic (exact) mass is 549 g/mol. The number of carbonyl (C=O) groups is 1. The maximum absolute atomic E-state index is 13.9. The number of rotatable bonds is 7. The van der Waals surface area contributed by atoms with Gasteiger partial charge >= 0.3 is 6.09 Å². The summed E-state index contributed by atoms with van der Waals surface area (Å²) in [5.41, 5.74) is -3.78. The van der Waals surface area contributed by atoms with Crippen molar-refractivity contribution in [1.82, 2.24) is 10.3 Å². The Kier molecular flexibility index (Phi) is 8.82. The zero-order chi connectivity index (χ0) is 28.4. The summed E-state index contributed by atoms with van der Waals surface area (Å²) < 4.78 is 87.0. The molecule has 2 unspecified atom stereocenters. The topological polar surface area (TPSA) is 94.9 Å². The highest BCUT2D eigenvalue weighted by Gasteiger charge is 2.48. The molecule has 1 aromatic carbocycles. The summed E-state index contributed by atoms with van der Waals surface area (Å²) in [6.45, 7) is 4.06. The molecule has 1 fully saturated rings. The van der Waals surface area contributed by atoms with Crippen LogP contribution in [0.1, 0.15) is 51.2 Å². The molecule has 210 valence electrons. The maximum Gasteiger partial charge on any atom is 0.408 e. The third kappa shape index (κ3) is 6.49. The second-order valence-electron chi connectivity index (χ2n) is 10.1. The van der Waals surface area contributed by atoms with E-state index in [1.165, 1.54) is 17.2 Å². The van der Waals surface area contributed by atoms with Crippen LogP contribution in [0.2, 0.25) is 0 Å². The van der Waals surface area contributed by atoms with E-state index in [4.69, 9.17) is 4.74 Å². The van der Waals surface area contributed by atoms with Gasteiger partial charge in [0.05, 0.1) is 29.7 Å². The Hall–Kier alpha value is -3.06. The average molecular weight is 550 g/mol. The molecule has 2 heterocycles. The predicted molar refractivity (Wildman–Crippen MR) is 126 cm³/mol. The van der Waals surface area contributed by atoms with Crippen LogP contribution in [0.3, 0.4) is 0 Å². The lowest BCUT2D eigenvalue weighted by molar-refractivity contribution is -0.0664. The molecule has 7 nitrogen and oxygen atoms in total. The number of aliphatic hydroxyl groups excluding tert-OH is 2. The Morgan fingerprint density at radius 2 is 1.84 bits per heavy atom. The molecule has 0 bridgehead atoms. The van der Waals surface area contributed by atoms with Gasteiger partial charge in [-0.3, -0.25) is 4.98 Å². The first-order valence-corrected chi connectivity index (χ1v) is 11.8. The molecular weight excluding hydrogens is 520 g/mol. The van der Waals surface area contributed by atoms with Crippen LogP contribution in [-0.2, 0) is 11.3 Å². The number of anilines is 1. The second-order valence-corrected chi connectivity index (χ2v) is 10.1. The van der Waals surface area contributed by atoms with Gasteiger partial charge in [0.2, 0.25) is 0 Å². The quantitative estimate of drug-likeness (QED) is 0.424. The van der Waals surface area contributed by atoms with Crippen molar-refractivity contribution < 1.29 is 46.1 Å².